The lowest BCUT2D eigenvalue weighted by atomic mass is 10.4. The lowest BCUT2D eigenvalue weighted by molar-refractivity contribution is 0.592. The van der Waals surface area contributed by atoms with Crippen LogP contribution in [0.4, 0.5) is 0 Å². The molecule has 26 heavy (non-hydrogen) atoms. The van der Waals surface area contributed by atoms with Crippen molar-refractivity contribution in [1.29, 1.82) is 0 Å². The summed E-state index contributed by atoms with van der Waals surface area (Å²) in [5.41, 5.74) is 0. The number of halogens is 2. The summed E-state index contributed by atoms with van der Waals surface area (Å²) >= 11 is 6.52. The molecule has 0 saturated heterocycles. The van der Waals surface area contributed by atoms with Crippen LogP contribution in [-0.4, -0.2) is 16.8 Å². The topological polar surface area (TPSA) is 68.3 Å². The highest BCUT2D eigenvalue weighted by molar-refractivity contribution is 9.10. The second-order valence-corrected chi connectivity index (χ2v) is 11.1. The normalized spacial score (nSPS) is 12.1. The van der Waals surface area contributed by atoms with E-state index in [2.05, 4.69) is 31.9 Å². The number of benzene rings is 3. The summed E-state index contributed by atoms with van der Waals surface area (Å²) < 4.78 is 52.1. The van der Waals surface area contributed by atoms with E-state index < -0.39 is 19.7 Å². The zero-order chi connectivity index (χ0) is 18.9. The molecule has 0 fully saturated rings. The molecular formula is C18H12Br2O4S2. The van der Waals surface area contributed by atoms with Gasteiger partial charge in [0.05, 0.1) is 19.6 Å². The summed E-state index contributed by atoms with van der Waals surface area (Å²) in [4.78, 5) is 0.359. The van der Waals surface area contributed by atoms with Gasteiger partial charge in [-0.15, -0.1) is 0 Å². The van der Waals surface area contributed by atoms with Gasteiger partial charge in [0.1, 0.15) is 0 Å². The van der Waals surface area contributed by atoms with E-state index in [1.54, 1.807) is 24.3 Å². The van der Waals surface area contributed by atoms with E-state index in [4.69, 9.17) is 0 Å². The van der Waals surface area contributed by atoms with Crippen LogP contribution >= 0.6 is 31.9 Å². The van der Waals surface area contributed by atoms with Gasteiger partial charge in [0, 0.05) is 8.95 Å². The van der Waals surface area contributed by atoms with Gasteiger partial charge in [0.15, 0.2) is 0 Å². The molecule has 8 heteroatoms. The molecule has 3 rings (SSSR count). The van der Waals surface area contributed by atoms with Crippen molar-refractivity contribution in [2.75, 3.05) is 0 Å². The van der Waals surface area contributed by atoms with Crippen molar-refractivity contribution in [3.63, 3.8) is 0 Å². The maximum atomic E-state index is 12.6. The Balaban J connectivity index is 1.98. The Morgan fingerprint density at radius 2 is 0.615 bits per heavy atom. The number of sulfone groups is 2. The molecule has 0 heterocycles. The highest BCUT2D eigenvalue weighted by Crippen LogP contribution is 2.26. The van der Waals surface area contributed by atoms with Gasteiger partial charge in [0.25, 0.3) is 0 Å². The van der Waals surface area contributed by atoms with Crippen LogP contribution in [0.15, 0.2) is 101 Å². The van der Waals surface area contributed by atoms with Gasteiger partial charge in [-0.1, -0.05) is 31.9 Å². The summed E-state index contributed by atoms with van der Waals surface area (Å²) in [6.07, 6.45) is 0. The van der Waals surface area contributed by atoms with Gasteiger partial charge in [-0.25, -0.2) is 16.8 Å². The summed E-state index contributed by atoms with van der Waals surface area (Å²) in [6, 6.07) is 17.8. The largest absolute Gasteiger partial charge is 0.219 e. The molecule has 0 aliphatic heterocycles. The van der Waals surface area contributed by atoms with E-state index >= 15 is 0 Å². The molecule has 0 aliphatic rings. The Labute approximate surface area is 169 Å². The van der Waals surface area contributed by atoms with Crippen molar-refractivity contribution >= 4 is 51.5 Å². The summed E-state index contributed by atoms with van der Waals surface area (Å²) in [5, 5.41) is 0. The Morgan fingerprint density at radius 1 is 0.423 bits per heavy atom. The van der Waals surface area contributed by atoms with Gasteiger partial charge < -0.3 is 0 Å². The third-order valence-corrected chi connectivity index (χ3v) is 8.32. The maximum absolute atomic E-state index is 12.6. The third-order valence-electron chi connectivity index (χ3n) is 3.69. The first-order valence-electron chi connectivity index (χ1n) is 7.33. The van der Waals surface area contributed by atoms with Crippen LogP contribution in [0.1, 0.15) is 0 Å². The molecule has 0 N–H and O–H groups in total. The molecule has 0 aromatic heterocycles. The summed E-state index contributed by atoms with van der Waals surface area (Å²) in [6.45, 7) is 0. The molecule has 134 valence electrons. The fourth-order valence-corrected chi connectivity index (χ4v) is 5.35. The van der Waals surface area contributed by atoms with E-state index in [1.165, 1.54) is 48.5 Å². The number of hydrogen-bond acceptors (Lipinski definition) is 4. The van der Waals surface area contributed by atoms with E-state index in [0.717, 1.165) is 8.95 Å². The van der Waals surface area contributed by atoms with Crippen molar-refractivity contribution in [1.82, 2.24) is 0 Å². The summed E-state index contributed by atoms with van der Waals surface area (Å²) in [7, 11) is -7.42. The molecule has 3 aromatic rings. The van der Waals surface area contributed by atoms with Crippen molar-refractivity contribution in [2.24, 2.45) is 0 Å². The Kier molecular flexibility index (Phi) is 5.39. The minimum atomic E-state index is -3.71. The second-order valence-electron chi connectivity index (χ2n) is 5.39. The van der Waals surface area contributed by atoms with Gasteiger partial charge in [-0.05, 0) is 72.8 Å². The first-order chi connectivity index (χ1) is 12.2. The second kappa shape index (κ2) is 7.26. The minimum absolute atomic E-state index is 0.0366. The van der Waals surface area contributed by atoms with Gasteiger partial charge in [-0.3, -0.25) is 0 Å². The zero-order valence-electron chi connectivity index (χ0n) is 13.1. The van der Waals surface area contributed by atoms with Crippen LogP contribution in [0, 0.1) is 0 Å². The standard InChI is InChI=1S/C18H12Br2O4S2/c19-13-1-5-15(6-2-13)25(21,22)17-9-11-18(12-10-17)26(23,24)16-7-3-14(20)4-8-16/h1-12H. The van der Waals surface area contributed by atoms with Crippen molar-refractivity contribution < 1.29 is 16.8 Å². The average molecular weight is 516 g/mol. The van der Waals surface area contributed by atoms with E-state index in [0.29, 0.717) is 0 Å². The fourth-order valence-electron chi connectivity index (χ4n) is 2.30. The van der Waals surface area contributed by atoms with Crippen LogP contribution < -0.4 is 0 Å². The van der Waals surface area contributed by atoms with Crippen LogP contribution in [0.5, 0.6) is 0 Å². The maximum Gasteiger partial charge on any atom is 0.206 e. The molecule has 4 nitrogen and oxygen atoms in total. The molecular weight excluding hydrogens is 504 g/mol. The molecule has 0 amide bonds. The van der Waals surface area contributed by atoms with Gasteiger partial charge in [0.2, 0.25) is 19.7 Å². The van der Waals surface area contributed by atoms with E-state index in [9.17, 15) is 16.8 Å². The minimum Gasteiger partial charge on any atom is -0.219 e. The van der Waals surface area contributed by atoms with Gasteiger partial charge >= 0.3 is 0 Å². The fraction of sp³-hybridized carbons (Fsp3) is 0. The smallest absolute Gasteiger partial charge is 0.206 e. The molecule has 0 radical (unpaired) electrons. The average Bonchev–Trinajstić information content (AvgIpc) is 2.62. The van der Waals surface area contributed by atoms with Crippen molar-refractivity contribution in [3.05, 3.63) is 81.7 Å². The molecule has 0 saturated carbocycles. The predicted molar refractivity (Wildman–Crippen MR) is 106 cm³/mol. The molecule has 0 unspecified atom stereocenters. The molecule has 0 atom stereocenters. The lowest BCUT2D eigenvalue weighted by Gasteiger charge is -2.08. The number of hydrogen-bond donors (Lipinski definition) is 0. The first-order valence-corrected chi connectivity index (χ1v) is 11.9. The highest BCUT2D eigenvalue weighted by Gasteiger charge is 2.21. The third kappa shape index (κ3) is 3.78. The molecule has 3 aromatic carbocycles. The predicted octanol–water partition coefficient (Wildman–Crippen LogP) is 4.88. The van der Waals surface area contributed by atoms with Crippen LogP contribution in [0.3, 0.4) is 0 Å². The Hall–Kier alpha value is -1.48. The molecule has 0 bridgehead atoms. The SMILES string of the molecule is O=S(=O)(c1ccc(Br)cc1)c1ccc(S(=O)(=O)c2ccc(Br)cc2)cc1. The molecule has 0 aliphatic carbocycles. The van der Waals surface area contributed by atoms with Gasteiger partial charge in [-0.2, -0.15) is 0 Å². The van der Waals surface area contributed by atoms with Crippen molar-refractivity contribution in [2.45, 2.75) is 19.6 Å². The van der Waals surface area contributed by atoms with Crippen molar-refractivity contribution in [3.8, 4) is 0 Å². The van der Waals surface area contributed by atoms with Crippen LogP contribution in [0.2, 0.25) is 0 Å². The zero-order valence-corrected chi connectivity index (χ0v) is 17.9. The Bertz CT molecular complexity index is 1040. The number of rotatable bonds is 4. The Morgan fingerprint density at radius 3 is 0.846 bits per heavy atom. The first kappa shape index (κ1) is 19.3. The van der Waals surface area contributed by atoms with E-state index in [-0.39, 0.29) is 19.6 Å². The highest BCUT2D eigenvalue weighted by atomic mass is 79.9. The molecule has 0 spiro atoms. The van der Waals surface area contributed by atoms with Crippen LogP contribution in [0.25, 0.3) is 0 Å². The lowest BCUT2D eigenvalue weighted by Crippen LogP contribution is -2.05. The van der Waals surface area contributed by atoms with E-state index in [1.807, 2.05) is 0 Å². The quantitative estimate of drug-likeness (QED) is 0.496. The monoisotopic (exact) mass is 514 g/mol. The van der Waals surface area contributed by atoms with Crippen LogP contribution in [-0.2, 0) is 19.7 Å². The summed E-state index contributed by atoms with van der Waals surface area (Å²) in [5.74, 6) is 0.